The minimum Gasteiger partial charge on any atom is -0.341 e. The molecule has 0 aromatic heterocycles. The van der Waals surface area contributed by atoms with E-state index in [4.69, 9.17) is 11.6 Å². The Bertz CT molecular complexity index is 627. The fourth-order valence-electron chi connectivity index (χ4n) is 3.06. The summed E-state index contributed by atoms with van der Waals surface area (Å²) in [5, 5.41) is 1.61. The summed E-state index contributed by atoms with van der Waals surface area (Å²) in [5.41, 5.74) is 0.920. The highest BCUT2D eigenvalue weighted by Crippen LogP contribution is 2.30. The van der Waals surface area contributed by atoms with E-state index < -0.39 is 5.38 Å². The molecule has 21 heavy (non-hydrogen) atoms. The van der Waals surface area contributed by atoms with Gasteiger partial charge in [-0.25, -0.2) is 0 Å². The van der Waals surface area contributed by atoms with Gasteiger partial charge in [-0.2, -0.15) is 0 Å². The first-order valence-corrected chi connectivity index (χ1v) is 8.11. The van der Waals surface area contributed by atoms with Gasteiger partial charge in [-0.15, -0.1) is 11.6 Å². The number of rotatable bonds is 2. The van der Waals surface area contributed by atoms with Crippen molar-refractivity contribution >= 4 is 28.3 Å². The van der Waals surface area contributed by atoms with Gasteiger partial charge in [-0.1, -0.05) is 55.3 Å². The normalized spacial score (nSPS) is 17.5. The zero-order valence-corrected chi connectivity index (χ0v) is 12.9. The minimum atomic E-state index is -0.589. The maximum absolute atomic E-state index is 12.7. The summed E-state index contributed by atoms with van der Waals surface area (Å²) in [6, 6.07) is 14.1. The molecule has 2 nitrogen and oxygen atoms in total. The van der Waals surface area contributed by atoms with Crippen LogP contribution in [0.15, 0.2) is 42.5 Å². The van der Waals surface area contributed by atoms with Gasteiger partial charge < -0.3 is 4.90 Å². The second-order valence-electron chi connectivity index (χ2n) is 5.67. The third kappa shape index (κ3) is 3.06. The Morgan fingerprint density at radius 3 is 2.38 bits per heavy atom. The maximum atomic E-state index is 12.7. The van der Waals surface area contributed by atoms with Crippen molar-refractivity contribution in [2.24, 2.45) is 0 Å². The lowest BCUT2D eigenvalue weighted by Gasteiger charge is -2.23. The monoisotopic (exact) mass is 301 g/mol. The number of hydrogen-bond acceptors (Lipinski definition) is 1. The van der Waals surface area contributed by atoms with Crippen LogP contribution in [0, 0.1) is 0 Å². The van der Waals surface area contributed by atoms with E-state index in [2.05, 4.69) is 12.1 Å². The molecule has 2 aromatic rings. The zero-order chi connectivity index (χ0) is 14.7. The van der Waals surface area contributed by atoms with Crippen LogP contribution < -0.4 is 0 Å². The van der Waals surface area contributed by atoms with Crippen molar-refractivity contribution in [1.82, 2.24) is 4.90 Å². The number of fused-ring (bicyclic) bond motifs is 1. The molecule has 0 saturated carbocycles. The van der Waals surface area contributed by atoms with Crippen LogP contribution in [0.4, 0.5) is 0 Å². The van der Waals surface area contributed by atoms with Crippen molar-refractivity contribution in [1.29, 1.82) is 0 Å². The van der Waals surface area contributed by atoms with Gasteiger partial charge >= 0.3 is 0 Å². The number of carbonyl (C=O) groups is 1. The number of halogens is 1. The minimum absolute atomic E-state index is 0.0509. The summed E-state index contributed by atoms with van der Waals surface area (Å²) in [7, 11) is 0. The molecule has 0 aliphatic carbocycles. The molecule has 3 rings (SSSR count). The number of benzene rings is 2. The van der Waals surface area contributed by atoms with Crippen molar-refractivity contribution in [3.8, 4) is 0 Å². The van der Waals surface area contributed by atoms with Gasteiger partial charge in [0.15, 0.2) is 0 Å². The van der Waals surface area contributed by atoms with E-state index in [1.54, 1.807) is 0 Å². The Hall–Kier alpha value is -1.54. The lowest BCUT2D eigenvalue weighted by molar-refractivity contribution is -0.130. The van der Waals surface area contributed by atoms with Crippen LogP contribution in [-0.4, -0.2) is 23.9 Å². The maximum Gasteiger partial charge on any atom is 0.245 e. The third-order valence-corrected chi connectivity index (χ3v) is 4.65. The summed E-state index contributed by atoms with van der Waals surface area (Å²) < 4.78 is 0. The number of amides is 1. The molecule has 0 N–H and O–H groups in total. The second kappa shape index (κ2) is 6.48. The first-order valence-electron chi connectivity index (χ1n) is 7.68. The molecule has 1 heterocycles. The molecule has 1 aliphatic heterocycles. The predicted molar refractivity (Wildman–Crippen MR) is 87.6 cm³/mol. The van der Waals surface area contributed by atoms with E-state index in [0.29, 0.717) is 0 Å². The summed E-state index contributed by atoms with van der Waals surface area (Å²) >= 11 is 6.53. The van der Waals surface area contributed by atoms with Gasteiger partial charge in [0, 0.05) is 13.1 Å². The number of alkyl halides is 1. The van der Waals surface area contributed by atoms with Crippen molar-refractivity contribution in [3.05, 3.63) is 48.0 Å². The largest absolute Gasteiger partial charge is 0.341 e. The average molecular weight is 302 g/mol. The Labute approximate surface area is 130 Å². The van der Waals surface area contributed by atoms with Gasteiger partial charge in [0.25, 0.3) is 0 Å². The number of hydrogen-bond donors (Lipinski definition) is 0. The molecule has 1 saturated heterocycles. The molecule has 110 valence electrons. The molecule has 1 fully saturated rings. The van der Waals surface area contributed by atoms with Crippen molar-refractivity contribution in [2.75, 3.05) is 13.1 Å². The van der Waals surface area contributed by atoms with Crippen molar-refractivity contribution in [3.63, 3.8) is 0 Å². The smallest absolute Gasteiger partial charge is 0.245 e. The lowest BCUT2D eigenvalue weighted by Crippen LogP contribution is -2.34. The van der Waals surface area contributed by atoms with Crippen LogP contribution in [0.1, 0.15) is 36.6 Å². The van der Waals surface area contributed by atoms with Crippen LogP contribution in [0.2, 0.25) is 0 Å². The van der Waals surface area contributed by atoms with Gasteiger partial charge in [-0.05, 0) is 29.2 Å². The third-order valence-electron chi connectivity index (χ3n) is 4.23. The van der Waals surface area contributed by atoms with E-state index in [-0.39, 0.29) is 5.91 Å². The highest BCUT2D eigenvalue weighted by Gasteiger charge is 2.25. The molecule has 3 heteroatoms. The molecule has 1 atom stereocenters. The molecule has 0 bridgehead atoms. The molecular formula is C18H20ClNO. The van der Waals surface area contributed by atoms with Gasteiger partial charge in [0.2, 0.25) is 5.91 Å². The van der Waals surface area contributed by atoms with Gasteiger partial charge in [-0.3, -0.25) is 4.79 Å². The lowest BCUT2D eigenvalue weighted by atomic mass is 10.0. The van der Waals surface area contributed by atoms with E-state index >= 15 is 0 Å². The highest BCUT2D eigenvalue weighted by atomic mass is 35.5. The molecular weight excluding hydrogens is 282 g/mol. The summed E-state index contributed by atoms with van der Waals surface area (Å²) in [4.78, 5) is 14.6. The fourth-order valence-corrected chi connectivity index (χ4v) is 3.38. The van der Waals surface area contributed by atoms with E-state index in [0.717, 1.165) is 42.3 Å². The van der Waals surface area contributed by atoms with Crippen molar-refractivity contribution < 1.29 is 4.79 Å². The Balaban J connectivity index is 1.89. The summed E-state index contributed by atoms with van der Waals surface area (Å²) in [6.45, 7) is 1.68. The second-order valence-corrected chi connectivity index (χ2v) is 6.11. The Kier molecular flexibility index (Phi) is 4.45. The van der Waals surface area contributed by atoms with Gasteiger partial charge in [0.1, 0.15) is 5.38 Å². The van der Waals surface area contributed by atoms with Crippen LogP contribution in [-0.2, 0) is 4.79 Å². The molecule has 0 radical (unpaired) electrons. The fraction of sp³-hybridized carbons (Fsp3) is 0.389. The molecule has 1 amide bonds. The molecule has 2 aromatic carbocycles. The molecule has 1 unspecified atom stereocenters. The van der Waals surface area contributed by atoms with Crippen LogP contribution in [0.3, 0.4) is 0 Å². The molecule has 0 spiro atoms. The van der Waals surface area contributed by atoms with Crippen LogP contribution >= 0.6 is 11.6 Å². The number of carbonyl (C=O) groups excluding carboxylic acids is 1. The first-order chi connectivity index (χ1) is 10.3. The Morgan fingerprint density at radius 1 is 0.952 bits per heavy atom. The van der Waals surface area contributed by atoms with E-state index in [1.165, 1.54) is 12.8 Å². The standard InChI is InChI=1S/C18H20ClNO/c19-17(18(21)20-12-5-1-2-6-13-20)16-11-7-9-14-8-3-4-10-15(14)16/h3-4,7-11,17H,1-2,5-6,12-13H2. The number of likely N-dealkylation sites (tertiary alicyclic amines) is 1. The topological polar surface area (TPSA) is 20.3 Å². The van der Waals surface area contributed by atoms with E-state index in [1.807, 2.05) is 35.2 Å². The Morgan fingerprint density at radius 2 is 1.62 bits per heavy atom. The quantitative estimate of drug-likeness (QED) is 0.747. The molecule has 1 aliphatic rings. The summed E-state index contributed by atoms with van der Waals surface area (Å²) in [5.74, 6) is 0.0509. The average Bonchev–Trinajstić information content (AvgIpc) is 2.82. The van der Waals surface area contributed by atoms with E-state index in [9.17, 15) is 4.79 Å². The zero-order valence-electron chi connectivity index (χ0n) is 12.1. The summed E-state index contributed by atoms with van der Waals surface area (Å²) in [6.07, 6.45) is 4.60. The van der Waals surface area contributed by atoms with Gasteiger partial charge in [0.05, 0.1) is 0 Å². The van der Waals surface area contributed by atoms with Crippen LogP contribution in [0.25, 0.3) is 10.8 Å². The number of nitrogens with zero attached hydrogens (tertiary/aromatic N) is 1. The predicted octanol–water partition coefficient (Wildman–Crippen LogP) is 4.52. The first kappa shape index (κ1) is 14.4. The SMILES string of the molecule is O=C(C(Cl)c1cccc2ccccc12)N1CCCCCC1. The van der Waals surface area contributed by atoms with Crippen LogP contribution in [0.5, 0.6) is 0 Å². The highest BCUT2D eigenvalue weighted by molar-refractivity contribution is 6.31. The van der Waals surface area contributed by atoms with Crippen molar-refractivity contribution in [2.45, 2.75) is 31.1 Å².